The lowest BCUT2D eigenvalue weighted by atomic mass is 10.1. The van der Waals surface area contributed by atoms with Gasteiger partial charge in [0.1, 0.15) is 0 Å². The molecule has 0 rings (SSSR count). The Kier molecular flexibility index (Phi) is 7.51. The average Bonchev–Trinajstić information content (AvgIpc) is 2.04. The van der Waals surface area contributed by atoms with Crippen LogP contribution in [0.4, 0.5) is 0 Å². The molecule has 2 heteroatoms. The monoisotopic (exact) mass is 186 g/mol. The first-order chi connectivity index (χ1) is 5.76. The maximum absolute atomic E-state index is 9.84. The molecule has 0 saturated heterocycles. The second-order valence-corrected chi connectivity index (χ2v) is 5.98. The molecule has 72 valence electrons. The Balaban J connectivity index is 3.80. The Morgan fingerprint density at radius 1 is 1.33 bits per heavy atom. The van der Waals surface area contributed by atoms with Crippen molar-refractivity contribution in [2.24, 2.45) is 0 Å². The van der Waals surface area contributed by atoms with E-state index in [2.05, 4.69) is 20.4 Å². The average molecular weight is 186 g/mol. The zero-order valence-corrected chi connectivity index (χ0v) is 9.58. The van der Waals surface area contributed by atoms with Crippen LogP contribution in [0.15, 0.2) is 12.7 Å². The topological polar surface area (TPSA) is 20.2 Å². The fraction of sp³-hybridized carbons (Fsp3) is 0.800. The highest BCUT2D eigenvalue weighted by Gasteiger charge is 2.17. The van der Waals surface area contributed by atoms with Gasteiger partial charge in [-0.15, -0.1) is 6.58 Å². The van der Waals surface area contributed by atoms with Gasteiger partial charge in [0, 0.05) is 0 Å². The lowest BCUT2D eigenvalue weighted by Crippen LogP contribution is -2.19. The molecule has 0 aliphatic rings. The predicted molar refractivity (Wildman–Crippen MR) is 57.9 cm³/mol. The van der Waals surface area contributed by atoms with E-state index in [1.165, 1.54) is 25.7 Å². The molecule has 0 saturated carbocycles. The fourth-order valence-electron chi connectivity index (χ4n) is 1.63. The first-order valence-electron chi connectivity index (χ1n) is 5.05. The smallest absolute Gasteiger partial charge is 0.179 e. The van der Waals surface area contributed by atoms with Crippen LogP contribution in [0.2, 0.25) is 11.6 Å². The number of allylic oxidation sites excluding steroid dienone is 1. The van der Waals surface area contributed by atoms with E-state index in [4.69, 9.17) is 0 Å². The maximum Gasteiger partial charge on any atom is 0.179 e. The summed E-state index contributed by atoms with van der Waals surface area (Å²) >= 11 is 0. The lowest BCUT2D eigenvalue weighted by molar-refractivity contribution is 0.512. The summed E-state index contributed by atoms with van der Waals surface area (Å²) < 4.78 is 0. The largest absolute Gasteiger partial charge is 0.434 e. The minimum Gasteiger partial charge on any atom is -0.434 e. The van der Waals surface area contributed by atoms with E-state index in [0.717, 1.165) is 6.04 Å². The SMILES string of the molecule is C=CC[SiH](O)C(CCC)CCC. The molecule has 0 aliphatic heterocycles. The Morgan fingerprint density at radius 2 is 1.83 bits per heavy atom. The minimum absolute atomic E-state index is 0.623. The zero-order chi connectivity index (χ0) is 9.40. The van der Waals surface area contributed by atoms with E-state index in [1.54, 1.807) is 0 Å². The quantitative estimate of drug-likeness (QED) is 0.479. The fourth-order valence-corrected chi connectivity index (χ4v) is 3.80. The van der Waals surface area contributed by atoms with Gasteiger partial charge in [-0.25, -0.2) is 0 Å². The molecule has 1 unspecified atom stereocenters. The van der Waals surface area contributed by atoms with Gasteiger partial charge in [0.25, 0.3) is 0 Å². The molecule has 1 N–H and O–H groups in total. The van der Waals surface area contributed by atoms with E-state index < -0.39 is 9.04 Å². The minimum atomic E-state index is -1.47. The van der Waals surface area contributed by atoms with Gasteiger partial charge < -0.3 is 4.80 Å². The van der Waals surface area contributed by atoms with E-state index in [0.29, 0.717) is 5.54 Å². The maximum atomic E-state index is 9.84. The van der Waals surface area contributed by atoms with Gasteiger partial charge in [-0.2, -0.15) is 0 Å². The summed E-state index contributed by atoms with van der Waals surface area (Å²) in [6, 6.07) is 0.880. The highest BCUT2D eigenvalue weighted by molar-refractivity contribution is 6.52. The Bertz CT molecular complexity index is 108. The van der Waals surface area contributed by atoms with Crippen molar-refractivity contribution in [2.45, 2.75) is 51.1 Å². The van der Waals surface area contributed by atoms with Gasteiger partial charge in [0.15, 0.2) is 9.04 Å². The third-order valence-corrected chi connectivity index (χ3v) is 4.84. The summed E-state index contributed by atoms with van der Waals surface area (Å²) in [7, 11) is -1.47. The van der Waals surface area contributed by atoms with Gasteiger partial charge in [-0.3, -0.25) is 0 Å². The Hall–Kier alpha value is -0.0831. The first kappa shape index (κ1) is 11.9. The van der Waals surface area contributed by atoms with Crippen molar-refractivity contribution in [1.29, 1.82) is 0 Å². The summed E-state index contributed by atoms with van der Waals surface area (Å²) in [6.07, 6.45) is 6.68. The van der Waals surface area contributed by atoms with Crippen LogP contribution >= 0.6 is 0 Å². The molecule has 0 aromatic heterocycles. The van der Waals surface area contributed by atoms with Crippen LogP contribution < -0.4 is 0 Å². The summed E-state index contributed by atoms with van der Waals surface area (Å²) in [5.74, 6) is 0. The van der Waals surface area contributed by atoms with Crippen LogP contribution in [0.1, 0.15) is 39.5 Å². The first-order valence-corrected chi connectivity index (χ1v) is 7.05. The van der Waals surface area contributed by atoms with Crippen molar-refractivity contribution in [3.05, 3.63) is 12.7 Å². The van der Waals surface area contributed by atoms with E-state index in [9.17, 15) is 4.80 Å². The molecular formula is C10H22OSi. The van der Waals surface area contributed by atoms with Gasteiger partial charge in [0.2, 0.25) is 0 Å². The van der Waals surface area contributed by atoms with Crippen molar-refractivity contribution < 1.29 is 4.80 Å². The molecule has 12 heavy (non-hydrogen) atoms. The lowest BCUT2D eigenvalue weighted by Gasteiger charge is -2.18. The van der Waals surface area contributed by atoms with Crippen molar-refractivity contribution in [3.8, 4) is 0 Å². The third kappa shape index (κ3) is 4.73. The zero-order valence-electron chi connectivity index (χ0n) is 8.42. The molecule has 0 amide bonds. The molecule has 0 bridgehead atoms. The summed E-state index contributed by atoms with van der Waals surface area (Å²) in [4.78, 5) is 9.84. The van der Waals surface area contributed by atoms with Crippen LogP contribution in [0, 0.1) is 0 Å². The van der Waals surface area contributed by atoms with Crippen molar-refractivity contribution >= 4 is 9.04 Å². The number of hydrogen-bond donors (Lipinski definition) is 1. The van der Waals surface area contributed by atoms with Crippen molar-refractivity contribution in [3.63, 3.8) is 0 Å². The molecule has 1 atom stereocenters. The highest BCUT2D eigenvalue weighted by atomic mass is 28.3. The van der Waals surface area contributed by atoms with E-state index in [-0.39, 0.29) is 0 Å². The molecule has 0 radical (unpaired) electrons. The number of rotatable bonds is 7. The second kappa shape index (κ2) is 7.56. The van der Waals surface area contributed by atoms with Crippen LogP contribution in [0.25, 0.3) is 0 Å². The summed E-state index contributed by atoms with van der Waals surface area (Å²) in [5.41, 5.74) is 0.623. The van der Waals surface area contributed by atoms with Crippen molar-refractivity contribution in [2.75, 3.05) is 0 Å². The van der Waals surface area contributed by atoms with Crippen LogP contribution in [0.5, 0.6) is 0 Å². The molecule has 0 heterocycles. The second-order valence-electron chi connectivity index (χ2n) is 3.43. The summed E-state index contributed by atoms with van der Waals surface area (Å²) in [6.45, 7) is 8.06. The molecule has 0 aliphatic carbocycles. The Morgan fingerprint density at radius 3 is 2.17 bits per heavy atom. The van der Waals surface area contributed by atoms with Gasteiger partial charge in [-0.05, 0) is 11.6 Å². The van der Waals surface area contributed by atoms with Crippen molar-refractivity contribution in [1.82, 2.24) is 0 Å². The van der Waals surface area contributed by atoms with Crippen LogP contribution in [0.3, 0.4) is 0 Å². The molecule has 0 spiro atoms. The predicted octanol–water partition coefficient (Wildman–Crippen LogP) is 2.86. The van der Waals surface area contributed by atoms with Crippen LogP contribution in [-0.4, -0.2) is 13.8 Å². The van der Waals surface area contributed by atoms with Gasteiger partial charge >= 0.3 is 0 Å². The normalized spacial score (nSPS) is 13.3. The summed E-state index contributed by atoms with van der Waals surface area (Å²) in [5, 5.41) is 0. The van der Waals surface area contributed by atoms with Gasteiger partial charge in [-0.1, -0.05) is 45.6 Å². The standard InChI is InChI=1S/C10H22OSi/c1-4-7-10(8-5-2)12(11)9-6-3/h6,10-12H,3-5,7-9H2,1-2H3. The van der Waals surface area contributed by atoms with E-state index in [1.807, 2.05) is 6.08 Å². The van der Waals surface area contributed by atoms with E-state index >= 15 is 0 Å². The highest BCUT2D eigenvalue weighted by Crippen LogP contribution is 2.24. The molecule has 0 aromatic rings. The molecule has 0 fully saturated rings. The Labute approximate surface area is 78.2 Å². The van der Waals surface area contributed by atoms with Crippen LogP contribution in [-0.2, 0) is 0 Å². The molecule has 0 aromatic carbocycles. The number of hydrogen-bond acceptors (Lipinski definition) is 1. The molecular weight excluding hydrogens is 164 g/mol. The van der Waals surface area contributed by atoms with Gasteiger partial charge in [0.05, 0.1) is 0 Å². The molecule has 1 nitrogen and oxygen atoms in total. The third-order valence-electron chi connectivity index (χ3n) is 2.27.